The quantitative estimate of drug-likeness (QED) is 0.891. The molecule has 1 N–H and O–H groups in total. The molecule has 0 saturated heterocycles. The number of nitrogens with zero attached hydrogens (tertiary/aromatic N) is 2. The van der Waals surface area contributed by atoms with E-state index in [0.29, 0.717) is 22.7 Å². The van der Waals surface area contributed by atoms with E-state index in [1.807, 2.05) is 0 Å². The van der Waals surface area contributed by atoms with Crippen LogP contribution in [0, 0.1) is 5.82 Å². The summed E-state index contributed by atoms with van der Waals surface area (Å²) in [4.78, 5) is 30.2. The van der Waals surface area contributed by atoms with Crippen LogP contribution in [-0.4, -0.2) is 36.5 Å². The number of rotatable bonds is 5. The Hall–Kier alpha value is -2.96. The number of amides is 2. The number of hydrogen-bond acceptors (Lipinski definition) is 4. The van der Waals surface area contributed by atoms with Gasteiger partial charge in [0.25, 0.3) is 0 Å². The Balaban J connectivity index is 1.68. The summed E-state index contributed by atoms with van der Waals surface area (Å²) in [7, 11) is 1.47. The van der Waals surface area contributed by atoms with Crippen LogP contribution in [0.4, 0.5) is 10.1 Å². The lowest BCUT2D eigenvalue weighted by Gasteiger charge is -2.18. The largest absolute Gasteiger partial charge is 0.496 e. The topological polar surface area (TPSA) is 71.5 Å². The molecule has 2 aromatic rings. The van der Waals surface area contributed by atoms with Crippen LogP contribution in [0.3, 0.4) is 0 Å². The van der Waals surface area contributed by atoms with Gasteiger partial charge in [-0.1, -0.05) is 6.07 Å². The smallest absolute Gasteiger partial charge is 0.240 e. The Labute approximate surface area is 150 Å². The number of ether oxygens (including phenoxy) is 1. The zero-order valence-corrected chi connectivity index (χ0v) is 14.3. The van der Waals surface area contributed by atoms with E-state index in [4.69, 9.17) is 4.74 Å². The molecule has 1 saturated carbocycles. The van der Waals surface area contributed by atoms with Crippen molar-refractivity contribution in [2.75, 3.05) is 18.6 Å². The van der Waals surface area contributed by atoms with Gasteiger partial charge in [-0.05, 0) is 31.0 Å². The Morgan fingerprint density at radius 3 is 2.96 bits per heavy atom. The Bertz CT molecular complexity index is 896. The molecule has 0 bridgehead atoms. The zero-order valence-electron chi connectivity index (χ0n) is 14.3. The van der Waals surface area contributed by atoms with Gasteiger partial charge in [-0.2, -0.15) is 0 Å². The predicted molar refractivity (Wildman–Crippen MR) is 93.4 cm³/mol. The molecule has 0 spiro atoms. The van der Waals surface area contributed by atoms with E-state index in [1.165, 1.54) is 24.3 Å². The molecule has 1 fully saturated rings. The number of fused-ring (bicyclic) bond motifs is 1. The third kappa shape index (κ3) is 3.00. The second kappa shape index (κ2) is 6.40. The van der Waals surface area contributed by atoms with Crippen LogP contribution in [0.1, 0.15) is 18.5 Å². The van der Waals surface area contributed by atoms with E-state index >= 15 is 0 Å². The maximum Gasteiger partial charge on any atom is 0.240 e. The summed E-state index contributed by atoms with van der Waals surface area (Å²) in [5.41, 5.74) is 1.92. The van der Waals surface area contributed by atoms with Crippen molar-refractivity contribution in [2.24, 2.45) is 0 Å². The number of carbonyl (C=O) groups is 2. The number of nitrogens with one attached hydrogen (secondary N) is 1. The molecule has 0 atom stereocenters. The third-order valence-electron chi connectivity index (χ3n) is 4.59. The van der Waals surface area contributed by atoms with Crippen LogP contribution >= 0.6 is 0 Å². The highest BCUT2D eigenvalue weighted by Crippen LogP contribution is 2.36. The second-order valence-electron chi connectivity index (χ2n) is 6.51. The molecule has 0 unspecified atom stereocenters. The van der Waals surface area contributed by atoms with Crippen molar-refractivity contribution in [1.29, 1.82) is 0 Å². The molecule has 134 valence electrons. The first-order chi connectivity index (χ1) is 12.6. The van der Waals surface area contributed by atoms with E-state index in [-0.39, 0.29) is 36.4 Å². The lowest BCUT2D eigenvalue weighted by atomic mass is 10.0. The number of carbonyl (C=O) groups excluding carboxylic acids is 2. The fraction of sp³-hybridized carbons (Fsp3) is 0.316. The Kier molecular flexibility index (Phi) is 4.06. The zero-order chi connectivity index (χ0) is 18.3. The number of hydrogen-bond donors (Lipinski definition) is 1. The fourth-order valence-corrected chi connectivity index (χ4v) is 3.13. The predicted octanol–water partition coefficient (Wildman–Crippen LogP) is 2.06. The minimum Gasteiger partial charge on any atom is -0.496 e. The highest BCUT2D eigenvalue weighted by atomic mass is 19.1. The lowest BCUT2D eigenvalue weighted by molar-refractivity contribution is -0.123. The van der Waals surface area contributed by atoms with Gasteiger partial charge in [-0.3, -0.25) is 14.6 Å². The maximum atomic E-state index is 14.4. The monoisotopic (exact) mass is 355 g/mol. The van der Waals surface area contributed by atoms with E-state index < -0.39 is 5.82 Å². The van der Waals surface area contributed by atoms with E-state index in [2.05, 4.69) is 10.3 Å². The van der Waals surface area contributed by atoms with Crippen molar-refractivity contribution in [2.45, 2.75) is 25.3 Å². The van der Waals surface area contributed by atoms with E-state index in [9.17, 15) is 14.0 Å². The molecule has 0 radical (unpaired) electrons. The highest BCUT2D eigenvalue weighted by Gasteiger charge is 2.32. The first-order valence-corrected chi connectivity index (χ1v) is 8.48. The van der Waals surface area contributed by atoms with E-state index in [0.717, 1.165) is 12.8 Å². The summed E-state index contributed by atoms with van der Waals surface area (Å²) < 4.78 is 19.6. The Morgan fingerprint density at radius 1 is 1.42 bits per heavy atom. The van der Waals surface area contributed by atoms with Crippen LogP contribution in [0.25, 0.3) is 11.1 Å². The molecule has 7 heteroatoms. The van der Waals surface area contributed by atoms with Gasteiger partial charge >= 0.3 is 0 Å². The summed E-state index contributed by atoms with van der Waals surface area (Å²) >= 11 is 0. The Morgan fingerprint density at radius 2 is 2.23 bits per heavy atom. The van der Waals surface area contributed by atoms with Crippen LogP contribution in [-0.2, 0) is 16.0 Å². The van der Waals surface area contributed by atoms with Gasteiger partial charge in [0.15, 0.2) is 0 Å². The van der Waals surface area contributed by atoms with Crippen molar-refractivity contribution in [1.82, 2.24) is 10.3 Å². The molecule has 1 aliphatic heterocycles. The summed E-state index contributed by atoms with van der Waals surface area (Å²) in [6.07, 6.45) is 3.63. The second-order valence-corrected chi connectivity index (χ2v) is 6.51. The molecule has 1 aromatic heterocycles. The van der Waals surface area contributed by atoms with Crippen LogP contribution < -0.4 is 15.0 Å². The van der Waals surface area contributed by atoms with Crippen molar-refractivity contribution in [3.8, 4) is 16.9 Å². The minimum atomic E-state index is -0.437. The summed E-state index contributed by atoms with van der Waals surface area (Å²) in [6, 6.07) is 6.50. The number of pyridine rings is 1. The molecule has 2 heterocycles. The maximum absolute atomic E-state index is 14.4. The van der Waals surface area contributed by atoms with Crippen LogP contribution in [0.15, 0.2) is 30.5 Å². The third-order valence-corrected chi connectivity index (χ3v) is 4.59. The number of aromatic nitrogens is 1. The van der Waals surface area contributed by atoms with Crippen molar-refractivity contribution in [3.05, 3.63) is 42.0 Å². The summed E-state index contributed by atoms with van der Waals surface area (Å²) in [6.45, 7) is -0.0537. The van der Waals surface area contributed by atoms with Crippen molar-refractivity contribution in [3.63, 3.8) is 0 Å². The average molecular weight is 355 g/mol. The van der Waals surface area contributed by atoms with Crippen LogP contribution in [0.2, 0.25) is 0 Å². The summed E-state index contributed by atoms with van der Waals surface area (Å²) in [5, 5.41) is 2.87. The van der Waals surface area contributed by atoms with Gasteiger partial charge in [0.1, 0.15) is 18.1 Å². The SMILES string of the molecule is COc1cccc(F)c1-c1cnc2c(c1)N(CC(=O)NC1CC1)C(=O)C2. The highest BCUT2D eigenvalue weighted by molar-refractivity contribution is 6.05. The number of benzene rings is 1. The number of methoxy groups -OCH3 is 1. The first kappa shape index (κ1) is 16.5. The van der Waals surface area contributed by atoms with Gasteiger partial charge in [-0.25, -0.2) is 4.39 Å². The van der Waals surface area contributed by atoms with Crippen molar-refractivity contribution >= 4 is 17.5 Å². The standard InChI is InChI=1S/C19H18FN3O3/c1-26-16-4-2-3-13(20)19(16)11-7-15-14(21-9-11)8-18(25)23(15)10-17(24)22-12-5-6-12/h2-4,7,9,12H,5-6,8,10H2,1H3,(H,22,24). The summed E-state index contributed by atoms with van der Waals surface area (Å²) in [5.74, 6) is -0.429. The van der Waals surface area contributed by atoms with E-state index in [1.54, 1.807) is 18.2 Å². The average Bonchev–Trinajstić information content (AvgIpc) is 3.38. The molecule has 4 rings (SSSR count). The fourth-order valence-electron chi connectivity index (χ4n) is 3.13. The van der Waals surface area contributed by atoms with Crippen LogP contribution in [0.5, 0.6) is 5.75 Å². The minimum absolute atomic E-state index is 0.0537. The van der Waals surface area contributed by atoms with Gasteiger partial charge in [-0.15, -0.1) is 0 Å². The molecule has 1 aliphatic carbocycles. The van der Waals surface area contributed by atoms with Gasteiger partial charge in [0.2, 0.25) is 11.8 Å². The van der Waals surface area contributed by atoms with Crippen molar-refractivity contribution < 1.29 is 18.7 Å². The van der Waals surface area contributed by atoms with Gasteiger partial charge in [0, 0.05) is 17.8 Å². The first-order valence-electron chi connectivity index (χ1n) is 8.48. The molecule has 6 nitrogen and oxygen atoms in total. The lowest BCUT2D eigenvalue weighted by Crippen LogP contribution is -2.39. The molecule has 26 heavy (non-hydrogen) atoms. The number of anilines is 1. The molecular formula is C19H18FN3O3. The molecule has 2 aliphatic rings. The molecular weight excluding hydrogens is 337 g/mol. The molecule has 2 amide bonds. The van der Waals surface area contributed by atoms with Gasteiger partial charge < -0.3 is 15.0 Å². The van der Waals surface area contributed by atoms with Gasteiger partial charge in [0.05, 0.1) is 30.5 Å². The number of halogens is 1. The molecule has 1 aromatic carbocycles. The normalized spacial score (nSPS) is 15.8.